The molecule has 1 aliphatic heterocycles. The van der Waals surface area contributed by atoms with E-state index in [0.717, 1.165) is 0 Å². The van der Waals surface area contributed by atoms with Gasteiger partial charge in [0, 0.05) is 18.8 Å². The Hall–Kier alpha value is -2.22. The van der Waals surface area contributed by atoms with Gasteiger partial charge >= 0.3 is 5.97 Å². The molecular formula is C11H13N3O5. The Morgan fingerprint density at radius 2 is 2.42 bits per heavy atom. The van der Waals surface area contributed by atoms with E-state index in [1.54, 1.807) is 0 Å². The summed E-state index contributed by atoms with van der Waals surface area (Å²) in [6, 6.07) is 2.63. The van der Waals surface area contributed by atoms with E-state index < -0.39 is 17.0 Å². The second-order valence-electron chi connectivity index (χ2n) is 4.20. The number of nitro groups is 1. The summed E-state index contributed by atoms with van der Waals surface area (Å²) in [5, 5.41) is 22.3. The largest absolute Gasteiger partial charge is 0.479 e. The summed E-state index contributed by atoms with van der Waals surface area (Å²) in [5.74, 6) is -0.590. The molecule has 2 N–H and O–H groups in total. The highest BCUT2D eigenvalue weighted by atomic mass is 16.6. The van der Waals surface area contributed by atoms with Gasteiger partial charge in [0.05, 0.1) is 17.1 Å². The predicted molar refractivity (Wildman–Crippen MR) is 64.9 cm³/mol. The number of rotatable bonds is 5. The fourth-order valence-corrected chi connectivity index (χ4v) is 1.89. The normalized spacial score (nSPS) is 22.1. The van der Waals surface area contributed by atoms with Crippen molar-refractivity contribution in [3.8, 4) is 0 Å². The number of aromatic nitrogens is 1. The lowest BCUT2D eigenvalue weighted by atomic mass is 10.2. The van der Waals surface area contributed by atoms with E-state index in [2.05, 4.69) is 10.3 Å². The molecule has 8 heteroatoms. The molecule has 19 heavy (non-hydrogen) atoms. The number of nitrogens with one attached hydrogen (secondary N) is 1. The average Bonchev–Trinajstić information content (AvgIpc) is 2.85. The highest BCUT2D eigenvalue weighted by Crippen LogP contribution is 2.21. The van der Waals surface area contributed by atoms with Crippen LogP contribution in [0.25, 0.3) is 0 Å². The second-order valence-corrected chi connectivity index (χ2v) is 4.20. The van der Waals surface area contributed by atoms with E-state index in [1.807, 2.05) is 0 Å². The molecule has 1 aromatic rings. The molecule has 0 amide bonds. The highest BCUT2D eigenvalue weighted by Gasteiger charge is 2.30. The van der Waals surface area contributed by atoms with E-state index in [4.69, 9.17) is 9.84 Å². The Bertz CT molecular complexity index is 493. The van der Waals surface area contributed by atoms with Gasteiger partial charge in [-0.05, 0) is 12.8 Å². The van der Waals surface area contributed by atoms with Gasteiger partial charge in [0.15, 0.2) is 6.10 Å². The van der Waals surface area contributed by atoms with Crippen molar-refractivity contribution in [2.24, 2.45) is 0 Å². The molecule has 102 valence electrons. The fourth-order valence-electron chi connectivity index (χ4n) is 1.89. The lowest BCUT2D eigenvalue weighted by molar-refractivity contribution is -0.384. The topological polar surface area (TPSA) is 115 Å². The van der Waals surface area contributed by atoms with Gasteiger partial charge in [0.2, 0.25) is 0 Å². The molecule has 0 aromatic carbocycles. The van der Waals surface area contributed by atoms with Crippen LogP contribution in [0.1, 0.15) is 12.8 Å². The van der Waals surface area contributed by atoms with Crippen molar-refractivity contribution < 1.29 is 19.6 Å². The summed E-state index contributed by atoms with van der Waals surface area (Å²) < 4.78 is 5.30. The van der Waals surface area contributed by atoms with Crippen LogP contribution < -0.4 is 5.32 Å². The number of ether oxygens (including phenoxy) is 1. The number of hydrogen-bond acceptors (Lipinski definition) is 6. The van der Waals surface area contributed by atoms with Crippen molar-refractivity contribution in [1.82, 2.24) is 4.98 Å². The van der Waals surface area contributed by atoms with E-state index in [9.17, 15) is 14.9 Å². The molecule has 1 aromatic heterocycles. The quantitative estimate of drug-likeness (QED) is 0.604. The summed E-state index contributed by atoms with van der Waals surface area (Å²) in [5.41, 5.74) is -0.0479. The Morgan fingerprint density at radius 3 is 3.05 bits per heavy atom. The number of carbonyl (C=O) groups is 1. The highest BCUT2D eigenvalue weighted by molar-refractivity contribution is 5.72. The van der Waals surface area contributed by atoms with Crippen molar-refractivity contribution in [3.05, 3.63) is 28.4 Å². The average molecular weight is 267 g/mol. The Kier molecular flexibility index (Phi) is 3.91. The summed E-state index contributed by atoms with van der Waals surface area (Å²) in [6.07, 6.45) is 1.48. The molecule has 2 rings (SSSR count). The smallest absolute Gasteiger partial charge is 0.332 e. The molecule has 1 fully saturated rings. The molecule has 0 aliphatic carbocycles. The third-order valence-electron chi connectivity index (χ3n) is 2.85. The maximum Gasteiger partial charge on any atom is 0.332 e. The van der Waals surface area contributed by atoms with Crippen LogP contribution in [0, 0.1) is 10.1 Å². The van der Waals surface area contributed by atoms with Crippen LogP contribution >= 0.6 is 0 Å². The van der Waals surface area contributed by atoms with E-state index >= 15 is 0 Å². The van der Waals surface area contributed by atoms with Gasteiger partial charge in [0.1, 0.15) is 5.82 Å². The van der Waals surface area contributed by atoms with Crippen LogP contribution in [-0.4, -0.2) is 39.7 Å². The van der Waals surface area contributed by atoms with Gasteiger partial charge in [-0.1, -0.05) is 0 Å². The molecule has 0 saturated carbocycles. The van der Waals surface area contributed by atoms with Crippen molar-refractivity contribution >= 4 is 17.5 Å². The van der Waals surface area contributed by atoms with Gasteiger partial charge in [-0.2, -0.15) is 0 Å². The van der Waals surface area contributed by atoms with Gasteiger partial charge in [-0.25, -0.2) is 9.78 Å². The van der Waals surface area contributed by atoms with E-state index in [1.165, 1.54) is 18.3 Å². The van der Waals surface area contributed by atoms with Crippen molar-refractivity contribution in [2.75, 3.05) is 11.9 Å². The predicted octanol–water partition coefficient (Wildman–Crippen LogP) is 1.03. The Morgan fingerprint density at radius 1 is 1.63 bits per heavy atom. The van der Waals surface area contributed by atoms with Crippen LogP contribution in [-0.2, 0) is 9.53 Å². The molecule has 1 saturated heterocycles. The Balaban J connectivity index is 1.88. The molecule has 0 bridgehead atoms. The summed E-state index contributed by atoms with van der Waals surface area (Å²) in [7, 11) is 0. The number of pyridine rings is 1. The van der Waals surface area contributed by atoms with Crippen LogP contribution in [0.4, 0.5) is 11.5 Å². The number of hydrogen-bond donors (Lipinski definition) is 2. The molecule has 2 heterocycles. The molecule has 2 unspecified atom stereocenters. The molecule has 0 radical (unpaired) electrons. The number of carboxylic acid groups (broad SMARTS) is 1. The zero-order valence-corrected chi connectivity index (χ0v) is 9.98. The first-order chi connectivity index (χ1) is 9.06. The standard InChI is InChI=1S/C11H13N3O5/c15-11(16)9-2-1-8(19-9)6-13-10-5-7(14(17)18)3-4-12-10/h3-5,8-9H,1-2,6H2,(H,12,13)(H,15,16). The molecule has 1 aliphatic rings. The summed E-state index contributed by atoms with van der Waals surface area (Å²) in [4.78, 5) is 24.7. The summed E-state index contributed by atoms with van der Waals surface area (Å²) >= 11 is 0. The van der Waals surface area contributed by atoms with Crippen molar-refractivity contribution in [1.29, 1.82) is 0 Å². The summed E-state index contributed by atoms with van der Waals surface area (Å²) in [6.45, 7) is 0.373. The zero-order chi connectivity index (χ0) is 13.8. The molecule has 8 nitrogen and oxygen atoms in total. The second kappa shape index (κ2) is 5.61. The van der Waals surface area contributed by atoms with E-state index in [0.29, 0.717) is 25.2 Å². The van der Waals surface area contributed by atoms with Gasteiger partial charge in [-0.15, -0.1) is 0 Å². The lowest BCUT2D eigenvalue weighted by Crippen LogP contribution is -2.24. The molecule has 0 spiro atoms. The third-order valence-corrected chi connectivity index (χ3v) is 2.85. The maximum atomic E-state index is 10.7. The van der Waals surface area contributed by atoms with Crippen molar-refractivity contribution in [3.63, 3.8) is 0 Å². The minimum atomic E-state index is -0.962. The minimum absolute atomic E-state index is 0.0479. The molecule has 2 atom stereocenters. The van der Waals surface area contributed by atoms with Gasteiger partial charge in [0.25, 0.3) is 5.69 Å². The third kappa shape index (κ3) is 3.38. The first kappa shape index (κ1) is 13.2. The first-order valence-electron chi connectivity index (χ1n) is 5.79. The first-order valence-corrected chi connectivity index (χ1v) is 5.79. The van der Waals surface area contributed by atoms with Crippen LogP contribution in [0.5, 0.6) is 0 Å². The number of nitrogens with zero attached hydrogens (tertiary/aromatic N) is 2. The monoisotopic (exact) mass is 267 g/mol. The Labute approximate surface area is 108 Å². The zero-order valence-electron chi connectivity index (χ0n) is 9.98. The van der Waals surface area contributed by atoms with Crippen LogP contribution in [0.3, 0.4) is 0 Å². The number of carboxylic acids is 1. The SMILES string of the molecule is O=C(O)C1CCC(CNc2cc([N+](=O)[O-])ccn2)O1. The van der Waals surface area contributed by atoms with Gasteiger partial charge < -0.3 is 15.2 Å². The molecular weight excluding hydrogens is 254 g/mol. The minimum Gasteiger partial charge on any atom is -0.479 e. The fraction of sp³-hybridized carbons (Fsp3) is 0.455. The van der Waals surface area contributed by atoms with Crippen LogP contribution in [0.15, 0.2) is 18.3 Å². The van der Waals surface area contributed by atoms with Crippen LogP contribution in [0.2, 0.25) is 0 Å². The number of anilines is 1. The van der Waals surface area contributed by atoms with Crippen molar-refractivity contribution in [2.45, 2.75) is 25.0 Å². The maximum absolute atomic E-state index is 10.7. The van der Waals surface area contributed by atoms with Gasteiger partial charge in [-0.3, -0.25) is 10.1 Å². The van der Waals surface area contributed by atoms with E-state index in [-0.39, 0.29) is 11.8 Å². The lowest BCUT2D eigenvalue weighted by Gasteiger charge is -2.12. The number of aliphatic carboxylic acids is 1.